The zero-order valence-corrected chi connectivity index (χ0v) is 10.1. The minimum atomic E-state index is -0.129. The molecule has 0 radical (unpaired) electrons. The standard InChI is InChI=1S/C13H14N4O/c1-8-4-12(17-16-8)15-13(18)9-2-3-10-6-14-7-11(10)5-9/h2-5,14H,6-7H2,1H3,(H2,15,16,17,18). The summed E-state index contributed by atoms with van der Waals surface area (Å²) in [6, 6.07) is 7.58. The Hall–Kier alpha value is -2.14. The van der Waals surface area contributed by atoms with Crippen molar-refractivity contribution >= 4 is 11.7 Å². The summed E-state index contributed by atoms with van der Waals surface area (Å²) in [5.41, 5.74) is 4.05. The fourth-order valence-electron chi connectivity index (χ4n) is 2.11. The molecule has 0 saturated carbocycles. The second-order valence-electron chi connectivity index (χ2n) is 4.48. The second kappa shape index (κ2) is 4.27. The number of aromatic amines is 1. The predicted octanol–water partition coefficient (Wildman–Crippen LogP) is 1.57. The van der Waals surface area contributed by atoms with E-state index in [0.29, 0.717) is 11.4 Å². The van der Waals surface area contributed by atoms with Crippen molar-refractivity contribution in [3.05, 3.63) is 46.6 Å². The van der Waals surface area contributed by atoms with Crippen LogP contribution in [0.4, 0.5) is 5.82 Å². The Kier molecular flexibility index (Phi) is 2.60. The molecule has 1 aliphatic rings. The number of carbonyl (C=O) groups excluding carboxylic acids is 1. The maximum atomic E-state index is 12.0. The minimum absolute atomic E-state index is 0.129. The Labute approximate surface area is 105 Å². The number of H-pyrrole nitrogens is 1. The van der Waals surface area contributed by atoms with Crippen molar-refractivity contribution < 1.29 is 4.79 Å². The van der Waals surface area contributed by atoms with Crippen molar-refractivity contribution in [1.82, 2.24) is 15.5 Å². The van der Waals surface area contributed by atoms with E-state index in [1.54, 1.807) is 6.07 Å². The van der Waals surface area contributed by atoms with E-state index >= 15 is 0 Å². The number of amides is 1. The van der Waals surface area contributed by atoms with E-state index in [-0.39, 0.29) is 5.91 Å². The van der Waals surface area contributed by atoms with Crippen LogP contribution in [0.5, 0.6) is 0 Å². The van der Waals surface area contributed by atoms with Crippen LogP contribution in [0, 0.1) is 6.92 Å². The second-order valence-corrected chi connectivity index (χ2v) is 4.48. The zero-order valence-electron chi connectivity index (χ0n) is 10.1. The maximum absolute atomic E-state index is 12.0. The highest BCUT2D eigenvalue weighted by atomic mass is 16.1. The van der Waals surface area contributed by atoms with Gasteiger partial charge in [0.2, 0.25) is 0 Å². The van der Waals surface area contributed by atoms with Crippen LogP contribution < -0.4 is 10.6 Å². The predicted molar refractivity (Wildman–Crippen MR) is 68.3 cm³/mol. The van der Waals surface area contributed by atoms with E-state index in [0.717, 1.165) is 18.8 Å². The Morgan fingerprint density at radius 2 is 2.11 bits per heavy atom. The molecule has 0 fully saturated rings. The van der Waals surface area contributed by atoms with Crippen molar-refractivity contribution in [2.45, 2.75) is 20.0 Å². The van der Waals surface area contributed by atoms with E-state index in [2.05, 4.69) is 20.8 Å². The number of anilines is 1. The third kappa shape index (κ3) is 2.00. The molecule has 92 valence electrons. The fraction of sp³-hybridized carbons (Fsp3) is 0.231. The van der Waals surface area contributed by atoms with E-state index < -0.39 is 0 Å². The van der Waals surface area contributed by atoms with Crippen LogP contribution in [0.15, 0.2) is 24.3 Å². The van der Waals surface area contributed by atoms with Gasteiger partial charge in [-0.3, -0.25) is 9.89 Å². The maximum Gasteiger partial charge on any atom is 0.256 e. The number of aromatic nitrogens is 2. The first kappa shape index (κ1) is 11.0. The highest BCUT2D eigenvalue weighted by molar-refractivity contribution is 6.03. The average molecular weight is 242 g/mol. The molecule has 1 aromatic carbocycles. The highest BCUT2D eigenvalue weighted by Crippen LogP contribution is 2.17. The summed E-state index contributed by atoms with van der Waals surface area (Å²) < 4.78 is 0. The number of nitrogens with one attached hydrogen (secondary N) is 3. The van der Waals surface area contributed by atoms with Gasteiger partial charge in [-0.25, -0.2) is 0 Å². The smallest absolute Gasteiger partial charge is 0.256 e. The Morgan fingerprint density at radius 1 is 1.28 bits per heavy atom. The summed E-state index contributed by atoms with van der Waals surface area (Å²) >= 11 is 0. The van der Waals surface area contributed by atoms with E-state index in [4.69, 9.17) is 0 Å². The van der Waals surface area contributed by atoms with Gasteiger partial charge in [0.15, 0.2) is 5.82 Å². The topological polar surface area (TPSA) is 69.8 Å². The Bertz CT molecular complexity index is 603. The molecule has 1 aromatic heterocycles. The summed E-state index contributed by atoms with van der Waals surface area (Å²) in [6.07, 6.45) is 0. The number of nitrogens with zero attached hydrogens (tertiary/aromatic N) is 1. The number of rotatable bonds is 2. The largest absolute Gasteiger partial charge is 0.309 e. The van der Waals surface area contributed by atoms with Crippen molar-refractivity contribution in [3.8, 4) is 0 Å². The molecule has 0 saturated heterocycles. The Morgan fingerprint density at radius 3 is 2.89 bits per heavy atom. The number of hydrogen-bond acceptors (Lipinski definition) is 3. The third-order valence-corrected chi connectivity index (χ3v) is 3.05. The minimum Gasteiger partial charge on any atom is -0.309 e. The van der Waals surface area contributed by atoms with Gasteiger partial charge in [-0.2, -0.15) is 5.10 Å². The monoisotopic (exact) mass is 242 g/mol. The number of benzene rings is 1. The van der Waals surface area contributed by atoms with Crippen LogP contribution in [-0.4, -0.2) is 16.1 Å². The summed E-state index contributed by atoms with van der Waals surface area (Å²) in [4.78, 5) is 12.0. The van der Waals surface area contributed by atoms with Crippen molar-refractivity contribution in [3.63, 3.8) is 0 Å². The highest BCUT2D eigenvalue weighted by Gasteiger charge is 2.14. The van der Waals surface area contributed by atoms with Gasteiger partial charge in [-0.05, 0) is 30.2 Å². The lowest BCUT2D eigenvalue weighted by Crippen LogP contribution is -2.12. The summed E-state index contributed by atoms with van der Waals surface area (Å²) in [6.45, 7) is 3.61. The van der Waals surface area contributed by atoms with Crippen LogP contribution in [-0.2, 0) is 13.1 Å². The van der Waals surface area contributed by atoms with Crippen LogP contribution in [0.1, 0.15) is 27.2 Å². The molecule has 2 aromatic rings. The van der Waals surface area contributed by atoms with Gasteiger partial charge in [0, 0.05) is 30.4 Å². The lowest BCUT2D eigenvalue weighted by atomic mass is 10.1. The van der Waals surface area contributed by atoms with E-state index in [9.17, 15) is 4.79 Å². The SMILES string of the molecule is Cc1cc(NC(=O)c2ccc3c(c2)CNC3)n[nH]1. The van der Waals surface area contributed by atoms with Gasteiger partial charge in [0.05, 0.1) is 0 Å². The molecule has 1 amide bonds. The Balaban J connectivity index is 1.80. The van der Waals surface area contributed by atoms with Crippen LogP contribution in [0.2, 0.25) is 0 Å². The quantitative estimate of drug-likeness (QED) is 0.748. The number of fused-ring (bicyclic) bond motifs is 1. The molecule has 0 atom stereocenters. The average Bonchev–Trinajstić information content (AvgIpc) is 2.96. The summed E-state index contributed by atoms with van der Waals surface area (Å²) in [5, 5.41) is 12.8. The number of aryl methyl sites for hydroxylation is 1. The molecule has 3 N–H and O–H groups in total. The molecule has 5 heteroatoms. The lowest BCUT2D eigenvalue weighted by molar-refractivity contribution is 0.102. The molecule has 5 nitrogen and oxygen atoms in total. The molecule has 0 bridgehead atoms. The van der Waals surface area contributed by atoms with Gasteiger partial charge in [-0.1, -0.05) is 6.07 Å². The first-order chi connectivity index (χ1) is 8.72. The van der Waals surface area contributed by atoms with Crippen molar-refractivity contribution in [2.24, 2.45) is 0 Å². The molecular formula is C13H14N4O. The zero-order chi connectivity index (χ0) is 12.5. The van der Waals surface area contributed by atoms with E-state index in [1.807, 2.05) is 25.1 Å². The lowest BCUT2D eigenvalue weighted by Gasteiger charge is -2.04. The van der Waals surface area contributed by atoms with Gasteiger partial charge >= 0.3 is 0 Å². The molecule has 1 aliphatic heterocycles. The normalized spacial score (nSPS) is 13.4. The van der Waals surface area contributed by atoms with Crippen LogP contribution in [0.25, 0.3) is 0 Å². The first-order valence-corrected chi connectivity index (χ1v) is 5.88. The van der Waals surface area contributed by atoms with E-state index in [1.165, 1.54) is 11.1 Å². The van der Waals surface area contributed by atoms with Gasteiger partial charge in [-0.15, -0.1) is 0 Å². The fourth-order valence-corrected chi connectivity index (χ4v) is 2.11. The van der Waals surface area contributed by atoms with Crippen LogP contribution >= 0.6 is 0 Å². The molecule has 3 rings (SSSR count). The number of carbonyl (C=O) groups is 1. The van der Waals surface area contributed by atoms with Gasteiger partial charge in [0.25, 0.3) is 5.91 Å². The van der Waals surface area contributed by atoms with Gasteiger partial charge in [0.1, 0.15) is 0 Å². The molecule has 0 unspecified atom stereocenters. The first-order valence-electron chi connectivity index (χ1n) is 5.88. The molecule has 0 spiro atoms. The summed E-state index contributed by atoms with van der Waals surface area (Å²) in [5.74, 6) is 0.423. The van der Waals surface area contributed by atoms with Crippen molar-refractivity contribution in [2.75, 3.05) is 5.32 Å². The van der Waals surface area contributed by atoms with Crippen molar-refractivity contribution in [1.29, 1.82) is 0 Å². The van der Waals surface area contributed by atoms with Gasteiger partial charge < -0.3 is 10.6 Å². The molecule has 2 heterocycles. The summed E-state index contributed by atoms with van der Waals surface area (Å²) in [7, 11) is 0. The van der Waals surface area contributed by atoms with Crippen LogP contribution in [0.3, 0.4) is 0 Å². The molecular weight excluding hydrogens is 228 g/mol. The number of hydrogen-bond donors (Lipinski definition) is 3. The molecule has 18 heavy (non-hydrogen) atoms. The third-order valence-electron chi connectivity index (χ3n) is 3.05. The molecule has 0 aliphatic carbocycles.